The van der Waals surface area contributed by atoms with Crippen molar-refractivity contribution in [2.45, 2.75) is 13.8 Å². The van der Waals surface area contributed by atoms with Gasteiger partial charge >= 0.3 is 0 Å². The van der Waals surface area contributed by atoms with Crippen molar-refractivity contribution in [1.29, 1.82) is 0 Å². The van der Waals surface area contributed by atoms with E-state index in [4.69, 9.17) is 5.73 Å². The molecule has 2 aromatic rings. The zero-order valence-electron chi connectivity index (χ0n) is 10.8. The number of halogens is 1. The highest BCUT2D eigenvalue weighted by Crippen LogP contribution is 2.19. The van der Waals surface area contributed by atoms with Gasteiger partial charge in [-0.1, -0.05) is 18.2 Å². The molecule has 0 fully saturated rings. The molecule has 0 radical (unpaired) electrons. The number of nitrogens with one attached hydrogen (secondary N) is 1. The van der Waals surface area contributed by atoms with Gasteiger partial charge < -0.3 is 11.1 Å². The van der Waals surface area contributed by atoms with E-state index in [0.717, 1.165) is 5.56 Å². The summed E-state index contributed by atoms with van der Waals surface area (Å²) >= 11 is 0. The highest BCUT2D eigenvalue weighted by Gasteiger charge is 2.12. The van der Waals surface area contributed by atoms with Crippen molar-refractivity contribution >= 4 is 17.3 Å². The van der Waals surface area contributed by atoms with E-state index in [-0.39, 0.29) is 17.2 Å². The van der Waals surface area contributed by atoms with Crippen LogP contribution in [0.25, 0.3) is 0 Å². The van der Waals surface area contributed by atoms with Crippen molar-refractivity contribution in [3.63, 3.8) is 0 Å². The number of amides is 1. The number of para-hydroxylation sites is 1. The lowest BCUT2D eigenvalue weighted by Gasteiger charge is -2.10. The number of anilines is 2. The lowest BCUT2D eigenvalue weighted by Crippen LogP contribution is -2.14. The molecule has 3 nitrogen and oxygen atoms in total. The van der Waals surface area contributed by atoms with E-state index >= 15 is 0 Å². The minimum absolute atomic E-state index is 0.212. The third-order valence-corrected chi connectivity index (χ3v) is 3.04. The first-order valence-electron chi connectivity index (χ1n) is 5.91. The molecule has 1 amide bonds. The number of nitrogen functional groups attached to an aromatic ring is 1. The molecule has 19 heavy (non-hydrogen) atoms. The number of hydrogen-bond donors (Lipinski definition) is 2. The molecule has 0 spiro atoms. The summed E-state index contributed by atoms with van der Waals surface area (Å²) in [5.74, 6) is -0.852. The predicted molar refractivity (Wildman–Crippen MR) is 74.7 cm³/mol. The van der Waals surface area contributed by atoms with Gasteiger partial charge in [0.05, 0.1) is 0 Å². The molecule has 0 saturated heterocycles. The van der Waals surface area contributed by atoms with Gasteiger partial charge in [0.2, 0.25) is 0 Å². The van der Waals surface area contributed by atoms with E-state index in [1.807, 2.05) is 25.1 Å². The highest BCUT2D eigenvalue weighted by atomic mass is 19.1. The van der Waals surface area contributed by atoms with Crippen molar-refractivity contribution in [1.82, 2.24) is 0 Å². The second-order valence-corrected chi connectivity index (χ2v) is 4.44. The Morgan fingerprint density at radius 2 is 1.89 bits per heavy atom. The van der Waals surface area contributed by atoms with Gasteiger partial charge in [-0.2, -0.15) is 0 Å². The van der Waals surface area contributed by atoms with Crippen molar-refractivity contribution in [3.8, 4) is 0 Å². The SMILES string of the molecule is Cc1ccccc1NC(=O)c1cc(N)c(C)c(F)c1. The van der Waals surface area contributed by atoms with Crippen LogP contribution in [-0.4, -0.2) is 5.91 Å². The van der Waals surface area contributed by atoms with Crippen LogP contribution in [0.2, 0.25) is 0 Å². The first kappa shape index (κ1) is 13.1. The van der Waals surface area contributed by atoms with Gasteiger partial charge in [-0.05, 0) is 37.6 Å². The zero-order valence-corrected chi connectivity index (χ0v) is 10.8. The number of nitrogens with two attached hydrogens (primary N) is 1. The maximum Gasteiger partial charge on any atom is 0.255 e. The number of hydrogen-bond acceptors (Lipinski definition) is 2. The second-order valence-electron chi connectivity index (χ2n) is 4.44. The first-order valence-corrected chi connectivity index (χ1v) is 5.91. The van der Waals surface area contributed by atoms with E-state index in [1.54, 1.807) is 13.0 Å². The van der Waals surface area contributed by atoms with Crippen LogP contribution in [0, 0.1) is 19.7 Å². The van der Waals surface area contributed by atoms with Gasteiger partial charge in [-0.15, -0.1) is 0 Å². The molecule has 4 heteroatoms. The Balaban J connectivity index is 2.28. The Morgan fingerprint density at radius 3 is 2.53 bits per heavy atom. The molecule has 0 heterocycles. The molecule has 3 N–H and O–H groups in total. The van der Waals surface area contributed by atoms with Gasteiger partial charge in [-0.3, -0.25) is 4.79 Å². The Morgan fingerprint density at radius 1 is 1.21 bits per heavy atom. The largest absolute Gasteiger partial charge is 0.398 e. The van der Waals surface area contributed by atoms with Crippen molar-refractivity contribution < 1.29 is 9.18 Å². The second kappa shape index (κ2) is 5.10. The third kappa shape index (κ3) is 2.73. The molecule has 0 aliphatic heterocycles. The van der Waals surface area contributed by atoms with E-state index in [9.17, 15) is 9.18 Å². The normalized spacial score (nSPS) is 10.3. The van der Waals surface area contributed by atoms with Crippen LogP contribution < -0.4 is 11.1 Å². The van der Waals surface area contributed by atoms with Crippen LogP contribution >= 0.6 is 0 Å². The van der Waals surface area contributed by atoms with Crippen molar-refractivity contribution in [2.75, 3.05) is 11.1 Å². The summed E-state index contributed by atoms with van der Waals surface area (Å²) in [6, 6.07) is 10.1. The Kier molecular flexibility index (Phi) is 3.51. The standard InChI is InChI=1S/C15H15FN2O/c1-9-5-3-4-6-14(9)18-15(19)11-7-12(16)10(2)13(17)8-11/h3-8H,17H2,1-2H3,(H,18,19). The summed E-state index contributed by atoms with van der Waals surface area (Å²) in [6.45, 7) is 3.47. The van der Waals surface area contributed by atoms with E-state index in [1.165, 1.54) is 12.1 Å². The minimum atomic E-state index is -0.477. The fraction of sp³-hybridized carbons (Fsp3) is 0.133. The molecule has 2 rings (SSSR count). The summed E-state index contributed by atoms with van der Waals surface area (Å²) in [6.07, 6.45) is 0. The number of benzene rings is 2. The molecular formula is C15H15FN2O. The quantitative estimate of drug-likeness (QED) is 0.812. The Labute approximate surface area is 111 Å². The van der Waals surface area contributed by atoms with Crippen LogP contribution in [0.15, 0.2) is 36.4 Å². The van der Waals surface area contributed by atoms with Crippen LogP contribution in [0.4, 0.5) is 15.8 Å². The molecule has 0 aliphatic carbocycles. The topological polar surface area (TPSA) is 55.1 Å². The van der Waals surface area contributed by atoms with Gasteiger partial charge in [-0.25, -0.2) is 4.39 Å². The maximum atomic E-state index is 13.6. The lowest BCUT2D eigenvalue weighted by atomic mass is 10.1. The number of carbonyl (C=O) groups excluding carboxylic acids is 1. The molecule has 2 aromatic carbocycles. The summed E-state index contributed by atoms with van der Waals surface area (Å²) in [5.41, 5.74) is 8.14. The molecule has 0 saturated carbocycles. The van der Waals surface area contributed by atoms with Crippen LogP contribution in [0.5, 0.6) is 0 Å². The van der Waals surface area contributed by atoms with E-state index in [0.29, 0.717) is 11.3 Å². The van der Waals surface area contributed by atoms with Crippen molar-refractivity contribution in [3.05, 3.63) is 58.9 Å². The summed E-state index contributed by atoms with van der Waals surface area (Å²) < 4.78 is 13.6. The Bertz CT molecular complexity index is 615. The molecular weight excluding hydrogens is 243 g/mol. The molecule has 0 bridgehead atoms. The molecule has 98 valence electrons. The number of aryl methyl sites for hydroxylation is 1. The van der Waals surface area contributed by atoms with Crippen molar-refractivity contribution in [2.24, 2.45) is 0 Å². The van der Waals surface area contributed by atoms with Crippen LogP contribution in [-0.2, 0) is 0 Å². The average Bonchev–Trinajstić information content (AvgIpc) is 2.38. The zero-order chi connectivity index (χ0) is 14.0. The monoisotopic (exact) mass is 258 g/mol. The van der Waals surface area contributed by atoms with Crippen LogP contribution in [0.1, 0.15) is 21.5 Å². The van der Waals surface area contributed by atoms with E-state index < -0.39 is 5.82 Å². The first-order chi connectivity index (χ1) is 8.99. The highest BCUT2D eigenvalue weighted by molar-refractivity contribution is 6.05. The smallest absolute Gasteiger partial charge is 0.255 e. The van der Waals surface area contributed by atoms with Gasteiger partial charge in [0, 0.05) is 22.5 Å². The fourth-order valence-electron chi connectivity index (χ4n) is 1.74. The average molecular weight is 258 g/mol. The third-order valence-electron chi connectivity index (χ3n) is 3.04. The predicted octanol–water partition coefficient (Wildman–Crippen LogP) is 3.28. The number of rotatable bonds is 2. The molecule has 0 aromatic heterocycles. The van der Waals surface area contributed by atoms with Gasteiger partial charge in [0.15, 0.2) is 0 Å². The minimum Gasteiger partial charge on any atom is -0.398 e. The lowest BCUT2D eigenvalue weighted by molar-refractivity contribution is 0.102. The molecule has 0 unspecified atom stereocenters. The summed E-state index contributed by atoms with van der Waals surface area (Å²) in [7, 11) is 0. The summed E-state index contributed by atoms with van der Waals surface area (Å²) in [4.78, 5) is 12.0. The van der Waals surface area contributed by atoms with Gasteiger partial charge in [0.1, 0.15) is 5.82 Å². The molecule has 0 atom stereocenters. The fourth-order valence-corrected chi connectivity index (χ4v) is 1.74. The van der Waals surface area contributed by atoms with Gasteiger partial charge in [0.25, 0.3) is 5.91 Å². The molecule has 0 aliphatic rings. The van der Waals surface area contributed by atoms with E-state index in [2.05, 4.69) is 5.32 Å². The number of carbonyl (C=O) groups is 1. The summed E-state index contributed by atoms with van der Waals surface area (Å²) in [5, 5.41) is 2.74. The Hall–Kier alpha value is -2.36. The maximum absolute atomic E-state index is 13.6. The van der Waals surface area contributed by atoms with Crippen LogP contribution in [0.3, 0.4) is 0 Å².